The van der Waals surface area contributed by atoms with Crippen molar-refractivity contribution in [3.63, 3.8) is 0 Å². The summed E-state index contributed by atoms with van der Waals surface area (Å²) in [6, 6.07) is 0. The van der Waals surface area contributed by atoms with Crippen LogP contribution in [0.2, 0.25) is 0 Å². The van der Waals surface area contributed by atoms with Crippen LogP contribution < -0.4 is 0 Å². The molecule has 0 nitrogen and oxygen atoms in total. The van der Waals surface area contributed by atoms with E-state index in [2.05, 4.69) is 24.7 Å². The zero-order valence-corrected chi connectivity index (χ0v) is 13.7. The van der Waals surface area contributed by atoms with Gasteiger partial charge in [-0.25, -0.2) is 0 Å². The number of unbranched alkanes of at least 4 members (excludes halogenated alkanes) is 14. The Morgan fingerprint density at radius 2 is 1.00 bits per heavy atom. The van der Waals surface area contributed by atoms with Crippen molar-refractivity contribution in [1.82, 2.24) is 0 Å². The Bertz CT molecular complexity index is 271. The van der Waals surface area contributed by atoms with Crippen molar-refractivity contribution >= 4 is 0 Å². The van der Waals surface area contributed by atoms with Gasteiger partial charge in [0, 0.05) is 6.42 Å². The molecular weight excluding hydrogens is 240 g/mol. The number of rotatable bonds is 14. The maximum atomic E-state index is 5.07. The van der Waals surface area contributed by atoms with Gasteiger partial charge in [-0.05, 0) is 18.3 Å². The standard InChI is InChI=1S/C20H34/c1-3-5-7-9-11-13-15-17-19-20-18-16-14-12-10-8-6-4-2/h1H,4,6,8-20H2,2H3. The summed E-state index contributed by atoms with van der Waals surface area (Å²) < 4.78 is 0. The molecule has 20 heavy (non-hydrogen) atoms. The largest absolute Gasteiger partial charge is 0.106 e. The molecule has 0 aliphatic carbocycles. The predicted molar refractivity (Wildman–Crippen MR) is 91.5 cm³/mol. The van der Waals surface area contributed by atoms with Crippen LogP contribution in [0, 0.1) is 24.2 Å². The lowest BCUT2D eigenvalue weighted by Crippen LogP contribution is -1.83. The Hall–Kier alpha value is -0.880. The Kier molecular flexibility index (Phi) is 17.3. The summed E-state index contributed by atoms with van der Waals surface area (Å²) in [6.45, 7) is 2.28. The fourth-order valence-electron chi connectivity index (χ4n) is 2.52. The Morgan fingerprint density at radius 3 is 1.40 bits per heavy atom. The number of terminal acetylenes is 1. The Morgan fingerprint density at radius 1 is 0.600 bits per heavy atom. The van der Waals surface area contributed by atoms with Crippen molar-refractivity contribution in [2.24, 2.45) is 0 Å². The third kappa shape index (κ3) is 17.1. The van der Waals surface area contributed by atoms with Gasteiger partial charge >= 0.3 is 0 Å². The topological polar surface area (TPSA) is 0 Å². The average molecular weight is 274 g/mol. The van der Waals surface area contributed by atoms with Gasteiger partial charge in [0.25, 0.3) is 0 Å². The van der Waals surface area contributed by atoms with E-state index in [0.717, 1.165) is 6.42 Å². The Balaban J connectivity index is 2.98. The van der Waals surface area contributed by atoms with E-state index >= 15 is 0 Å². The van der Waals surface area contributed by atoms with Crippen LogP contribution >= 0.6 is 0 Å². The molecule has 0 aromatic carbocycles. The molecule has 0 atom stereocenters. The van der Waals surface area contributed by atoms with Crippen molar-refractivity contribution in [2.75, 3.05) is 0 Å². The van der Waals surface area contributed by atoms with Gasteiger partial charge in [-0.2, -0.15) is 0 Å². The molecule has 114 valence electrons. The fraction of sp³-hybridized carbons (Fsp3) is 0.800. The predicted octanol–water partition coefficient (Wildman–Crippen LogP) is 6.49. The highest BCUT2D eigenvalue weighted by atomic mass is 14.0. The van der Waals surface area contributed by atoms with Gasteiger partial charge < -0.3 is 0 Å². The van der Waals surface area contributed by atoms with Gasteiger partial charge in [-0.1, -0.05) is 96.3 Å². The Labute approximate surface area is 128 Å². The zero-order valence-electron chi connectivity index (χ0n) is 13.7. The molecule has 0 saturated heterocycles. The van der Waals surface area contributed by atoms with E-state index in [4.69, 9.17) is 6.42 Å². The van der Waals surface area contributed by atoms with Crippen LogP contribution in [-0.2, 0) is 0 Å². The summed E-state index contributed by atoms with van der Waals surface area (Å²) in [6.07, 6.45) is 25.7. The molecule has 0 unspecified atom stereocenters. The van der Waals surface area contributed by atoms with Crippen molar-refractivity contribution in [3.8, 4) is 24.2 Å². The van der Waals surface area contributed by atoms with Crippen LogP contribution in [-0.4, -0.2) is 0 Å². The van der Waals surface area contributed by atoms with Crippen LogP contribution in [0.1, 0.15) is 103 Å². The minimum atomic E-state index is 0.974. The van der Waals surface area contributed by atoms with Crippen molar-refractivity contribution in [1.29, 1.82) is 0 Å². The van der Waals surface area contributed by atoms with Gasteiger partial charge in [0.2, 0.25) is 0 Å². The van der Waals surface area contributed by atoms with E-state index in [9.17, 15) is 0 Å². The van der Waals surface area contributed by atoms with Gasteiger partial charge in [0.1, 0.15) is 0 Å². The second-order valence-electron chi connectivity index (χ2n) is 5.79. The molecule has 0 aliphatic rings. The van der Waals surface area contributed by atoms with Crippen LogP contribution in [0.5, 0.6) is 0 Å². The van der Waals surface area contributed by atoms with Crippen molar-refractivity contribution in [2.45, 2.75) is 103 Å². The minimum absolute atomic E-state index is 0.974. The lowest BCUT2D eigenvalue weighted by atomic mass is 10.0. The highest BCUT2D eigenvalue weighted by molar-refractivity contribution is 5.21. The summed E-state index contributed by atoms with van der Waals surface area (Å²) in [4.78, 5) is 0. The van der Waals surface area contributed by atoms with Crippen molar-refractivity contribution in [3.05, 3.63) is 0 Å². The van der Waals surface area contributed by atoms with E-state index in [-0.39, 0.29) is 0 Å². The maximum absolute atomic E-state index is 5.07. The van der Waals surface area contributed by atoms with E-state index < -0.39 is 0 Å². The molecule has 0 N–H and O–H groups in total. The lowest BCUT2D eigenvalue weighted by Gasteiger charge is -2.02. The quantitative estimate of drug-likeness (QED) is 0.251. The van der Waals surface area contributed by atoms with E-state index in [1.807, 2.05) is 0 Å². The highest BCUT2D eigenvalue weighted by Crippen LogP contribution is 2.13. The normalized spacial score (nSPS) is 9.80. The van der Waals surface area contributed by atoms with Crippen LogP contribution in [0.25, 0.3) is 0 Å². The van der Waals surface area contributed by atoms with Crippen LogP contribution in [0.15, 0.2) is 0 Å². The smallest absolute Gasteiger partial charge is 0.00989 e. The third-order valence-corrected chi connectivity index (χ3v) is 3.82. The van der Waals surface area contributed by atoms with Crippen LogP contribution in [0.3, 0.4) is 0 Å². The summed E-state index contributed by atoms with van der Waals surface area (Å²) in [7, 11) is 0. The molecule has 0 aliphatic heterocycles. The molecule has 0 heterocycles. The molecule has 0 saturated carbocycles. The summed E-state index contributed by atoms with van der Waals surface area (Å²) in [5.74, 6) is 8.02. The molecule has 0 spiro atoms. The monoisotopic (exact) mass is 274 g/mol. The van der Waals surface area contributed by atoms with Gasteiger partial charge in [-0.15, -0.1) is 6.42 Å². The molecule has 0 radical (unpaired) electrons. The summed E-state index contributed by atoms with van der Waals surface area (Å²) in [5, 5.41) is 0. The molecule has 0 heteroatoms. The fourth-order valence-corrected chi connectivity index (χ4v) is 2.52. The first-order valence-corrected chi connectivity index (χ1v) is 8.85. The van der Waals surface area contributed by atoms with E-state index in [0.29, 0.717) is 0 Å². The molecule has 0 aromatic heterocycles. The van der Waals surface area contributed by atoms with Gasteiger partial charge in [-0.3, -0.25) is 0 Å². The molecular formula is C20H34. The van der Waals surface area contributed by atoms with E-state index in [1.54, 1.807) is 0 Å². The van der Waals surface area contributed by atoms with Gasteiger partial charge in [0.15, 0.2) is 0 Å². The first-order valence-electron chi connectivity index (χ1n) is 8.85. The summed E-state index contributed by atoms with van der Waals surface area (Å²) >= 11 is 0. The molecule has 0 rings (SSSR count). The van der Waals surface area contributed by atoms with E-state index in [1.165, 1.54) is 89.9 Å². The maximum Gasteiger partial charge on any atom is 0.00989 e. The molecule has 0 amide bonds. The first-order chi connectivity index (χ1) is 9.91. The third-order valence-electron chi connectivity index (χ3n) is 3.82. The summed E-state index contributed by atoms with van der Waals surface area (Å²) in [5.41, 5.74) is 0. The molecule has 0 aromatic rings. The number of hydrogen-bond acceptors (Lipinski definition) is 0. The highest BCUT2D eigenvalue weighted by Gasteiger charge is 1.93. The first kappa shape index (κ1) is 19.1. The second-order valence-corrected chi connectivity index (χ2v) is 5.79. The lowest BCUT2D eigenvalue weighted by molar-refractivity contribution is 0.536. The second kappa shape index (κ2) is 18.1. The van der Waals surface area contributed by atoms with Crippen LogP contribution in [0.4, 0.5) is 0 Å². The molecule has 0 bridgehead atoms. The minimum Gasteiger partial charge on any atom is -0.106 e. The van der Waals surface area contributed by atoms with Crippen molar-refractivity contribution < 1.29 is 0 Å². The zero-order chi connectivity index (χ0) is 14.7. The molecule has 0 fully saturated rings. The average Bonchev–Trinajstić information content (AvgIpc) is 2.47. The SMILES string of the molecule is C#CC#CCCCCCCCCCCCCCCCC. The van der Waals surface area contributed by atoms with Gasteiger partial charge in [0.05, 0.1) is 0 Å². The number of hydrogen-bond donors (Lipinski definition) is 0.